The van der Waals surface area contributed by atoms with Gasteiger partial charge in [-0.25, -0.2) is 4.98 Å². The first-order valence-corrected chi connectivity index (χ1v) is 12.7. The molecule has 1 aliphatic carbocycles. The fraction of sp³-hybridized carbons (Fsp3) is 0.333. The van der Waals surface area contributed by atoms with Crippen molar-refractivity contribution < 1.29 is 36.9 Å². The molecule has 1 amide bonds. The highest BCUT2D eigenvalue weighted by atomic mass is 19.4. The van der Waals surface area contributed by atoms with Gasteiger partial charge in [0.25, 0.3) is 5.91 Å². The smallest absolute Gasteiger partial charge is 0.422 e. The summed E-state index contributed by atoms with van der Waals surface area (Å²) in [5, 5.41) is 10.7. The molecule has 0 atom stereocenters. The third kappa shape index (κ3) is 7.14. The van der Waals surface area contributed by atoms with Crippen LogP contribution >= 0.6 is 0 Å². The Morgan fingerprint density at radius 2 is 1.83 bits per heavy atom. The number of alkyl halides is 3. The normalized spacial score (nSPS) is 13.2. The Morgan fingerprint density at radius 1 is 1.05 bits per heavy atom. The van der Waals surface area contributed by atoms with Gasteiger partial charge in [0.2, 0.25) is 0 Å². The van der Waals surface area contributed by atoms with Crippen LogP contribution in [-0.2, 0) is 6.54 Å². The number of anilines is 1. The lowest BCUT2D eigenvalue weighted by molar-refractivity contribution is -0.153. The Balaban J connectivity index is 1.28. The maximum Gasteiger partial charge on any atom is 0.422 e. The molecule has 216 valence electrons. The monoisotopic (exact) mass is 572 g/mol. The molecule has 1 aromatic carbocycles. The molecule has 14 heteroatoms. The fourth-order valence-electron chi connectivity index (χ4n) is 3.96. The first-order valence-electron chi connectivity index (χ1n) is 12.7. The van der Waals surface area contributed by atoms with Gasteiger partial charge < -0.3 is 29.6 Å². The minimum atomic E-state index is -4.57. The molecular weight excluding hydrogens is 545 g/mol. The van der Waals surface area contributed by atoms with Crippen LogP contribution in [-0.4, -0.2) is 65.2 Å². The summed E-state index contributed by atoms with van der Waals surface area (Å²) in [6.45, 7) is -0.632. The molecule has 5 rings (SSSR count). The molecule has 0 aliphatic heterocycles. The zero-order valence-corrected chi connectivity index (χ0v) is 22.2. The minimum absolute atomic E-state index is 0.139. The topological polar surface area (TPSA) is 122 Å². The molecule has 0 spiro atoms. The number of hydrogen-bond acceptors (Lipinski definition) is 9. The van der Waals surface area contributed by atoms with Crippen molar-refractivity contribution in [2.75, 3.05) is 32.7 Å². The van der Waals surface area contributed by atoms with E-state index in [1.165, 1.54) is 37.4 Å². The lowest BCUT2D eigenvalue weighted by atomic mass is 10.2. The summed E-state index contributed by atoms with van der Waals surface area (Å²) in [5.74, 6) is 0.989. The highest BCUT2D eigenvalue weighted by Gasteiger charge is 2.30. The number of methoxy groups -OCH3 is 2. The summed E-state index contributed by atoms with van der Waals surface area (Å²) in [6, 6.07) is 8.69. The molecule has 11 nitrogen and oxygen atoms in total. The first kappa shape index (κ1) is 28.0. The van der Waals surface area contributed by atoms with Crippen LogP contribution in [0.4, 0.5) is 19.0 Å². The molecule has 2 N–H and O–H groups in total. The summed E-state index contributed by atoms with van der Waals surface area (Å²) in [5.41, 5.74) is 0.346. The van der Waals surface area contributed by atoms with Gasteiger partial charge in [0.15, 0.2) is 29.5 Å². The van der Waals surface area contributed by atoms with Crippen molar-refractivity contribution in [3.05, 3.63) is 54.6 Å². The Hall–Kier alpha value is -4.59. The first-order chi connectivity index (χ1) is 19.7. The number of halogens is 3. The molecule has 0 saturated heterocycles. The summed E-state index contributed by atoms with van der Waals surface area (Å²) in [7, 11) is 3.06. The SMILES string of the molecule is COc1cc2nccc(Oc3ccc(NC(=O)c4nn(CCNC5CC5)cc4OCC(F)(F)F)nc3)c2cc1OC. The van der Waals surface area contributed by atoms with E-state index in [-0.39, 0.29) is 17.3 Å². The zero-order chi connectivity index (χ0) is 29.0. The molecular formula is C27H27F3N6O5. The van der Waals surface area contributed by atoms with E-state index in [4.69, 9.17) is 18.9 Å². The number of amides is 1. The van der Waals surface area contributed by atoms with Gasteiger partial charge in [-0.1, -0.05) is 0 Å². The predicted molar refractivity (Wildman–Crippen MR) is 142 cm³/mol. The van der Waals surface area contributed by atoms with Crippen LogP contribution in [0.3, 0.4) is 0 Å². The average molecular weight is 573 g/mol. The number of nitrogens with one attached hydrogen (secondary N) is 2. The van der Waals surface area contributed by atoms with Crippen LogP contribution in [0.5, 0.6) is 28.7 Å². The van der Waals surface area contributed by atoms with Crippen LogP contribution in [0.2, 0.25) is 0 Å². The van der Waals surface area contributed by atoms with Crippen LogP contribution in [0.1, 0.15) is 23.3 Å². The molecule has 3 heterocycles. The average Bonchev–Trinajstić information content (AvgIpc) is 3.69. The van der Waals surface area contributed by atoms with E-state index in [2.05, 4.69) is 25.7 Å². The van der Waals surface area contributed by atoms with Gasteiger partial charge in [-0.2, -0.15) is 18.3 Å². The van der Waals surface area contributed by atoms with Crippen molar-refractivity contribution in [1.29, 1.82) is 0 Å². The van der Waals surface area contributed by atoms with Gasteiger partial charge in [-0.15, -0.1) is 0 Å². The van der Waals surface area contributed by atoms with Crippen molar-refractivity contribution in [3.8, 4) is 28.7 Å². The molecule has 1 aliphatic rings. The minimum Gasteiger partial charge on any atom is -0.493 e. The van der Waals surface area contributed by atoms with E-state index in [9.17, 15) is 18.0 Å². The van der Waals surface area contributed by atoms with Crippen molar-refractivity contribution in [1.82, 2.24) is 25.1 Å². The third-order valence-corrected chi connectivity index (χ3v) is 6.10. The Morgan fingerprint density at radius 3 is 2.51 bits per heavy atom. The number of benzene rings is 1. The lowest BCUT2D eigenvalue weighted by Gasteiger charge is -2.12. The van der Waals surface area contributed by atoms with Crippen LogP contribution in [0, 0.1) is 0 Å². The van der Waals surface area contributed by atoms with Crippen LogP contribution in [0.25, 0.3) is 10.9 Å². The van der Waals surface area contributed by atoms with E-state index in [0.29, 0.717) is 53.0 Å². The Kier molecular flexibility index (Phi) is 8.10. The molecule has 0 unspecified atom stereocenters. The number of ether oxygens (including phenoxy) is 4. The number of hydrogen-bond donors (Lipinski definition) is 2. The molecule has 1 fully saturated rings. The Bertz CT molecular complexity index is 1520. The summed E-state index contributed by atoms with van der Waals surface area (Å²) in [6.07, 6.45) is 1.87. The number of carbonyl (C=O) groups is 1. The molecule has 3 aromatic heterocycles. The van der Waals surface area contributed by atoms with E-state index in [1.807, 2.05) is 0 Å². The van der Waals surface area contributed by atoms with Crippen molar-refractivity contribution in [3.63, 3.8) is 0 Å². The number of fused-ring (bicyclic) bond motifs is 1. The maximum absolute atomic E-state index is 12.9. The second kappa shape index (κ2) is 11.9. The van der Waals surface area contributed by atoms with Gasteiger partial charge >= 0.3 is 6.18 Å². The molecule has 41 heavy (non-hydrogen) atoms. The van der Waals surface area contributed by atoms with Gasteiger partial charge in [0.1, 0.15) is 17.3 Å². The number of nitrogens with zero attached hydrogens (tertiary/aromatic N) is 4. The third-order valence-electron chi connectivity index (χ3n) is 6.10. The van der Waals surface area contributed by atoms with Crippen molar-refractivity contribution in [2.24, 2.45) is 0 Å². The second-order valence-electron chi connectivity index (χ2n) is 9.21. The quantitative estimate of drug-likeness (QED) is 0.251. The molecule has 1 saturated carbocycles. The van der Waals surface area contributed by atoms with Gasteiger partial charge in [-0.05, 0) is 37.1 Å². The van der Waals surface area contributed by atoms with Gasteiger partial charge in [0.05, 0.1) is 38.7 Å². The highest BCUT2D eigenvalue weighted by molar-refractivity contribution is 6.04. The van der Waals surface area contributed by atoms with Gasteiger partial charge in [-0.3, -0.25) is 14.5 Å². The van der Waals surface area contributed by atoms with Crippen molar-refractivity contribution >= 4 is 22.6 Å². The maximum atomic E-state index is 12.9. The second-order valence-corrected chi connectivity index (χ2v) is 9.21. The molecule has 0 bridgehead atoms. The molecule has 4 aromatic rings. The van der Waals surface area contributed by atoms with E-state index in [1.54, 1.807) is 30.5 Å². The predicted octanol–water partition coefficient (Wildman–Crippen LogP) is 4.58. The summed E-state index contributed by atoms with van der Waals surface area (Å²) in [4.78, 5) is 21.5. The standard InChI is InChI=1S/C27H27F3N6O5/c1-38-21-11-18-19(12-22(21)39-2)32-8-7-20(18)41-17-5-6-24(33-13-17)34-26(37)25-23(40-15-27(28,29)30)14-36(35-25)10-9-31-16-3-4-16/h5-8,11-14,16,31H,3-4,9-10,15H2,1-2H3,(H,33,34,37). The van der Waals surface area contributed by atoms with Crippen molar-refractivity contribution in [2.45, 2.75) is 31.6 Å². The van der Waals surface area contributed by atoms with E-state index < -0.39 is 18.7 Å². The van der Waals surface area contributed by atoms with E-state index >= 15 is 0 Å². The highest BCUT2D eigenvalue weighted by Crippen LogP contribution is 2.37. The number of rotatable bonds is 12. The number of pyridine rings is 2. The Labute approximate surface area is 232 Å². The summed E-state index contributed by atoms with van der Waals surface area (Å²) >= 11 is 0. The van der Waals surface area contributed by atoms with Crippen LogP contribution < -0.4 is 29.6 Å². The van der Waals surface area contributed by atoms with Crippen LogP contribution in [0.15, 0.2) is 48.9 Å². The lowest BCUT2D eigenvalue weighted by Crippen LogP contribution is -2.22. The molecule has 0 radical (unpaired) electrons. The largest absolute Gasteiger partial charge is 0.493 e. The fourth-order valence-corrected chi connectivity index (χ4v) is 3.96. The summed E-state index contributed by atoms with van der Waals surface area (Å²) < 4.78 is 61.3. The number of carbonyl (C=O) groups excluding carboxylic acids is 1. The van der Waals surface area contributed by atoms with E-state index in [0.717, 1.165) is 12.8 Å². The zero-order valence-electron chi connectivity index (χ0n) is 22.2. The van der Waals surface area contributed by atoms with Gasteiger partial charge in [0, 0.05) is 30.2 Å². The number of aromatic nitrogens is 4.